The monoisotopic (exact) mass is 331 g/mol. The highest BCUT2D eigenvalue weighted by molar-refractivity contribution is 5.79. The quantitative estimate of drug-likeness (QED) is 0.855. The summed E-state index contributed by atoms with van der Waals surface area (Å²) < 4.78 is 1.72. The zero-order valence-corrected chi connectivity index (χ0v) is 14.9. The molecule has 24 heavy (non-hydrogen) atoms. The van der Waals surface area contributed by atoms with Gasteiger partial charge in [-0.2, -0.15) is 0 Å². The smallest absolute Gasteiger partial charge is 0.256 e. The summed E-state index contributed by atoms with van der Waals surface area (Å²) in [6, 6.07) is 0. The van der Waals surface area contributed by atoms with E-state index < -0.39 is 0 Å². The Morgan fingerprint density at radius 3 is 2.50 bits per heavy atom. The molecule has 0 N–H and O–H groups in total. The van der Waals surface area contributed by atoms with E-state index in [1.54, 1.807) is 24.0 Å². The van der Waals surface area contributed by atoms with Crippen molar-refractivity contribution < 1.29 is 4.79 Å². The molecule has 1 aromatic heterocycles. The Morgan fingerprint density at radius 2 is 1.83 bits per heavy atom. The average molecular weight is 331 g/mol. The van der Waals surface area contributed by atoms with Crippen LogP contribution >= 0.6 is 0 Å². The molecule has 1 aliphatic heterocycles. The first-order valence-electron chi connectivity index (χ1n) is 9.34. The van der Waals surface area contributed by atoms with Crippen LogP contribution in [-0.4, -0.2) is 33.4 Å². The average Bonchev–Trinajstić information content (AvgIpc) is 2.60. The number of hydrogen-bond donors (Lipinski definition) is 0. The van der Waals surface area contributed by atoms with Crippen molar-refractivity contribution in [1.29, 1.82) is 0 Å². The van der Waals surface area contributed by atoms with E-state index in [2.05, 4.69) is 16.8 Å². The summed E-state index contributed by atoms with van der Waals surface area (Å²) in [4.78, 5) is 31.0. The summed E-state index contributed by atoms with van der Waals surface area (Å²) in [6.07, 6.45) is 9.71. The number of rotatable bonds is 3. The Hall–Kier alpha value is -1.65. The number of aryl methyl sites for hydroxylation is 1. The SMILES string of the molecule is Cc1cncn(CC2CCN(C(=O)C3CCC(C)CC3)CC2)c1=O. The van der Waals surface area contributed by atoms with Crippen LogP contribution in [0.1, 0.15) is 51.0 Å². The molecule has 5 heteroatoms. The van der Waals surface area contributed by atoms with Gasteiger partial charge in [-0.05, 0) is 57.3 Å². The molecule has 2 aliphatic rings. The third-order valence-corrected chi connectivity index (χ3v) is 5.82. The van der Waals surface area contributed by atoms with Crippen LogP contribution in [0.25, 0.3) is 0 Å². The zero-order chi connectivity index (χ0) is 17.1. The predicted molar refractivity (Wildman–Crippen MR) is 93.7 cm³/mol. The molecule has 1 saturated heterocycles. The summed E-state index contributed by atoms with van der Waals surface area (Å²) in [5.74, 6) is 1.86. The molecule has 0 spiro atoms. The van der Waals surface area contributed by atoms with Gasteiger partial charge in [-0.25, -0.2) is 4.98 Å². The van der Waals surface area contributed by atoms with E-state index in [1.807, 2.05) is 0 Å². The molecule has 5 nitrogen and oxygen atoms in total. The third-order valence-electron chi connectivity index (χ3n) is 5.82. The van der Waals surface area contributed by atoms with Gasteiger partial charge < -0.3 is 4.90 Å². The minimum absolute atomic E-state index is 0.0554. The van der Waals surface area contributed by atoms with Crippen molar-refractivity contribution in [2.75, 3.05) is 13.1 Å². The third kappa shape index (κ3) is 3.87. The van der Waals surface area contributed by atoms with E-state index in [-0.39, 0.29) is 11.5 Å². The number of aromatic nitrogens is 2. The van der Waals surface area contributed by atoms with Gasteiger partial charge in [0.15, 0.2) is 0 Å². The summed E-state index contributed by atoms with van der Waals surface area (Å²) in [6.45, 7) is 6.48. The molecular formula is C19H29N3O2. The maximum absolute atomic E-state index is 12.7. The molecule has 0 radical (unpaired) electrons. The standard InChI is InChI=1S/C19H29N3O2/c1-14-3-5-17(6-4-14)19(24)21-9-7-16(8-10-21)12-22-13-20-11-15(2)18(22)23/h11,13-14,16-17H,3-10,12H2,1-2H3. The molecule has 0 bridgehead atoms. The van der Waals surface area contributed by atoms with Gasteiger partial charge in [-0.3, -0.25) is 14.2 Å². The normalized spacial score (nSPS) is 25.7. The molecule has 0 unspecified atom stereocenters. The molecule has 1 amide bonds. The largest absolute Gasteiger partial charge is 0.342 e. The second-order valence-electron chi connectivity index (χ2n) is 7.76. The number of hydrogen-bond acceptors (Lipinski definition) is 3. The maximum Gasteiger partial charge on any atom is 0.256 e. The first kappa shape index (κ1) is 17.2. The molecule has 2 fully saturated rings. The molecule has 1 aromatic rings. The van der Waals surface area contributed by atoms with Gasteiger partial charge in [-0.1, -0.05) is 6.92 Å². The van der Waals surface area contributed by atoms with Gasteiger partial charge in [0.2, 0.25) is 5.91 Å². The highest BCUT2D eigenvalue weighted by atomic mass is 16.2. The van der Waals surface area contributed by atoms with E-state index >= 15 is 0 Å². The zero-order valence-electron chi connectivity index (χ0n) is 14.9. The van der Waals surface area contributed by atoms with E-state index in [9.17, 15) is 9.59 Å². The van der Waals surface area contributed by atoms with Crippen molar-refractivity contribution in [3.8, 4) is 0 Å². The molecule has 2 heterocycles. The minimum Gasteiger partial charge on any atom is -0.342 e. The van der Waals surface area contributed by atoms with Crippen molar-refractivity contribution in [2.24, 2.45) is 17.8 Å². The lowest BCUT2D eigenvalue weighted by molar-refractivity contribution is -0.138. The molecule has 132 valence electrons. The second kappa shape index (κ2) is 7.49. The van der Waals surface area contributed by atoms with Crippen LogP contribution in [0.3, 0.4) is 0 Å². The van der Waals surface area contributed by atoms with Gasteiger partial charge in [0, 0.05) is 37.3 Å². The van der Waals surface area contributed by atoms with Gasteiger partial charge in [0.05, 0.1) is 6.33 Å². The van der Waals surface area contributed by atoms with E-state index in [0.717, 1.165) is 51.2 Å². The fraction of sp³-hybridized carbons (Fsp3) is 0.737. The molecular weight excluding hydrogens is 302 g/mol. The Bertz CT molecular complexity index is 624. The second-order valence-corrected chi connectivity index (χ2v) is 7.76. The van der Waals surface area contributed by atoms with Crippen LogP contribution in [0.15, 0.2) is 17.3 Å². The van der Waals surface area contributed by atoms with Crippen LogP contribution in [0.5, 0.6) is 0 Å². The minimum atomic E-state index is 0.0554. The van der Waals surface area contributed by atoms with E-state index in [4.69, 9.17) is 0 Å². The van der Waals surface area contributed by atoms with E-state index in [1.165, 1.54) is 12.8 Å². The fourth-order valence-electron chi connectivity index (χ4n) is 4.07. The van der Waals surface area contributed by atoms with Gasteiger partial charge in [0.25, 0.3) is 5.56 Å². The molecule has 1 saturated carbocycles. The molecule has 0 aromatic carbocycles. The predicted octanol–water partition coefficient (Wildman–Crippen LogP) is 2.62. The first-order chi connectivity index (χ1) is 11.5. The number of nitrogens with zero attached hydrogens (tertiary/aromatic N) is 3. The van der Waals surface area contributed by atoms with Gasteiger partial charge in [-0.15, -0.1) is 0 Å². The Labute approximate surface area is 144 Å². The lowest BCUT2D eigenvalue weighted by Crippen LogP contribution is -2.43. The van der Waals surface area contributed by atoms with Crippen LogP contribution in [0, 0.1) is 24.7 Å². The summed E-state index contributed by atoms with van der Waals surface area (Å²) in [7, 11) is 0. The lowest BCUT2D eigenvalue weighted by Gasteiger charge is -2.36. The number of amides is 1. The molecule has 3 rings (SSSR count). The van der Waals surface area contributed by atoms with Crippen LogP contribution in [0.4, 0.5) is 0 Å². The number of piperidine rings is 1. The van der Waals surface area contributed by atoms with Crippen molar-refractivity contribution >= 4 is 5.91 Å². The lowest BCUT2D eigenvalue weighted by atomic mass is 9.82. The van der Waals surface area contributed by atoms with Gasteiger partial charge >= 0.3 is 0 Å². The molecule has 1 aliphatic carbocycles. The van der Waals surface area contributed by atoms with Crippen LogP contribution in [-0.2, 0) is 11.3 Å². The molecule has 0 atom stereocenters. The van der Waals surface area contributed by atoms with Crippen molar-refractivity contribution in [3.63, 3.8) is 0 Å². The van der Waals surface area contributed by atoms with E-state index in [0.29, 0.717) is 17.4 Å². The van der Waals surface area contributed by atoms with Crippen molar-refractivity contribution in [3.05, 3.63) is 28.4 Å². The Kier molecular flexibility index (Phi) is 5.36. The maximum atomic E-state index is 12.7. The van der Waals surface area contributed by atoms with Gasteiger partial charge in [0.1, 0.15) is 0 Å². The van der Waals surface area contributed by atoms with Crippen LogP contribution < -0.4 is 5.56 Å². The topological polar surface area (TPSA) is 55.2 Å². The summed E-state index contributed by atoms with van der Waals surface area (Å²) in [5.41, 5.74) is 0.747. The van der Waals surface area contributed by atoms with Crippen molar-refractivity contribution in [2.45, 2.75) is 58.9 Å². The number of carbonyl (C=O) groups is 1. The number of carbonyl (C=O) groups excluding carboxylic acids is 1. The summed E-state index contributed by atoms with van der Waals surface area (Å²) in [5, 5.41) is 0. The van der Waals surface area contributed by atoms with Crippen molar-refractivity contribution in [1.82, 2.24) is 14.5 Å². The van der Waals surface area contributed by atoms with Crippen LogP contribution in [0.2, 0.25) is 0 Å². The Morgan fingerprint density at radius 1 is 1.17 bits per heavy atom. The Balaban J connectivity index is 1.51. The fourth-order valence-corrected chi connectivity index (χ4v) is 4.07. The highest BCUT2D eigenvalue weighted by Gasteiger charge is 2.30. The highest BCUT2D eigenvalue weighted by Crippen LogP contribution is 2.30. The first-order valence-corrected chi connectivity index (χ1v) is 9.34. The number of likely N-dealkylation sites (tertiary alicyclic amines) is 1. The summed E-state index contributed by atoms with van der Waals surface area (Å²) >= 11 is 0.